The van der Waals surface area contributed by atoms with E-state index in [4.69, 9.17) is 0 Å². The highest BCUT2D eigenvalue weighted by molar-refractivity contribution is 6.08. The minimum atomic E-state index is 0.00637. The van der Waals surface area contributed by atoms with Gasteiger partial charge in [-0.2, -0.15) is 0 Å². The minimum absolute atomic E-state index is 0.00637. The van der Waals surface area contributed by atoms with E-state index < -0.39 is 0 Å². The number of para-hydroxylation sites is 1. The zero-order chi connectivity index (χ0) is 27.1. The highest BCUT2D eigenvalue weighted by Crippen LogP contribution is 2.62. The second-order valence-electron chi connectivity index (χ2n) is 12.3. The molecule has 4 atom stereocenters. The van der Waals surface area contributed by atoms with Gasteiger partial charge in [0.1, 0.15) is 0 Å². The van der Waals surface area contributed by atoms with Gasteiger partial charge in [-0.15, -0.1) is 0 Å². The lowest BCUT2D eigenvalue weighted by Gasteiger charge is -2.64. The van der Waals surface area contributed by atoms with Crippen LogP contribution in [-0.4, -0.2) is 67.6 Å². The number of fused-ring (bicyclic) bond motifs is 3. The van der Waals surface area contributed by atoms with E-state index >= 15 is 0 Å². The molecule has 39 heavy (non-hydrogen) atoms. The molecule has 7 heteroatoms. The van der Waals surface area contributed by atoms with Gasteiger partial charge in [-0.25, -0.2) is 5.01 Å². The maximum absolute atomic E-state index is 13.3. The molecule has 0 spiro atoms. The zero-order valence-electron chi connectivity index (χ0n) is 23.7. The Bertz CT molecular complexity index is 1260. The lowest BCUT2D eigenvalue weighted by molar-refractivity contribution is -0.143. The third-order valence-electron chi connectivity index (χ3n) is 10.0. The van der Waals surface area contributed by atoms with Crippen molar-refractivity contribution in [3.63, 3.8) is 0 Å². The highest BCUT2D eigenvalue weighted by Gasteiger charge is 2.57. The first-order valence-electron chi connectivity index (χ1n) is 14.5. The zero-order valence-corrected chi connectivity index (χ0v) is 23.7. The Morgan fingerprint density at radius 3 is 2.44 bits per heavy atom. The summed E-state index contributed by atoms with van der Waals surface area (Å²) in [6.45, 7) is 12.2. The smallest absolute Gasteiger partial charge is 0.258 e. The van der Waals surface area contributed by atoms with Crippen molar-refractivity contribution in [2.45, 2.75) is 39.7 Å². The number of anilines is 2. The monoisotopic (exact) mass is 526 g/mol. The summed E-state index contributed by atoms with van der Waals surface area (Å²) in [7, 11) is 1.79. The summed E-state index contributed by atoms with van der Waals surface area (Å²) in [5.74, 6) is 3.29. The number of benzene rings is 2. The van der Waals surface area contributed by atoms with Crippen molar-refractivity contribution in [3.05, 3.63) is 65.7 Å². The molecule has 0 aromatic heterocycles. The first-order chi connectivity index (χ1) is 18.8. The van der Waals surface area contributed by atoms with Crippen LogP contribution in [0.15, 0.2) is 59.6 Å². The Morgan fingerprint density at radius 2 is 1.74 bits per heavy atom. The van der Waals surface area contributed by atoms with Crippen molar-refractivity contribution in [3.8, 4) is 0 Å². The molecule has 206 valence electrons. The van der Waals surface area contributed by atoms with Crippen LogP contribution in [0.5, 0.6) is 0 Å². The normalized spacial score (nSPS) is 28.4. The maximum Gasteiger partial charge on any atom is 0.258 e. The fraction of sp³-hybridized carbons (Fsp3) is 0.500. The van der Waals surface area contributed by atoms with Gasteiger partial charge < -0.3 is 10.2 Å². The van der Waals surface area contributed by atoms with Crippen molar-refractivity contribution < 1.29 is 4.79 Å². The van der Waals surface area contributed by atoms with E-state index in [-0.39, 0.29) is 5.91 Å². The Balaban J connectivity index is 1.01. The standard InChI is InChI=1S/C32H42N6O/c1-22-27-20-25(32(27,2)3)21-29(22)36-16-18-37(19-17-36)35-31(33-4)34-26-13-11-24(12-14-26)30(39)38-15-7-9-23-8-5-6-10-28(23)38/h5-14,22,25,27,29H,15-21H2,1-4H3,(H2,33,34,35). The van der Waals surface area contributed by atoms with Gasteiger partial charge in [0.2, 0.25) is 5.96 Å². The van der Waals surface area contributed by atoms with Crippen LogP contribution in [-0.2, 0) is 0 Å². The molecule has 7 nitrogen and oxygen atoms in total. The number of nitrogens with zero attached hydrogens (tertiary/aromatic N) is 4. The first kappa shape index (κ1) is 26.1. The van der Waals surface area contributed by atoms with E-state index in [1.807, 2.05) is 59.5 Å². The van der Waals surface area contributed by atoms with Gasteiger partial charge in [-0.3, -0.25) is 20.1 Å². The van der Waals surface area contributed by atoms with Crippen LogP contribution in [0, 0.1) is 23.2 Å². The fourth-order valence-corrected chi connectivity index (χ4v) is 7.49. The van der Waals surface area contributed by atoms with Crippen molar-refractivity contribution >= 4 is 29.3 Å². The van der Waals surface area contributed by atoms with Crippen LogP contribution in [0.1, 0.15) is 49.5 Å². The summed E-state index contributed by atoms with van der Waals surface area (Å²) in [6, 6.07) is 16.4. The van der Waals surface area contributed by atoms with E-state index in [9.17, 15) is 4.79 Å². The average molecular weight is 527 g/mol. The van der Waals surface area contributed by atoms with Gasteiger partial charge in [0.05, 0.1) is 5.69 Å². The number of carbonyl (C=O) groups is 1. The Hall–Kier alpha value is -3.16. The van der Waals surface area contributed by atoms with Crippen molar-refractivity contribution in [1.82, 2.24) is 15.3 Å². The topological polar surface area (TPSA) is 63.2 Å². The van der Waals surface area contributed by atoms with Crippen LogP contribution in [0.2, 0.25) is 0 Å². The number of aliphatic imine (C=N–C) groups is 1. The third-order valence-corrected chi connectivity index (χ3v) is 10.0. The highest BCUT2D eigenvalue weighted by atomic mass is 16.2. The summed E-state index contributed by atoms with van der Waals surface area (Å²) in [5.41, 5.74) is 7.61. The molecule has 2 heterocycles. The molecule has 2 N–H and O–H groups in total. The predicted octanol–water partition coefficient (Wildman–Crippen LogP) is 4.95. The van der Waals surface area contributed by atoms with Crippen molar-refractivity contribution in [2.24, 2.45) is 28.2 Å². The number of amides is 1. The lowest BCUT2D eigenvalue weighted by atomic mass is 9.44. The van der Waals surface area contributed by atoms with E-state index in [1.54, 1.807) is 7.05 Å². The third kappa shape index (κ3) is 4.87. The Kier molecular flexibility index (Phi) is 6.98. The number of hydrogen-bond acceptors (Lipinski definition) is 4. The molecule has 2 aromatic rings. The molecular formula is C32H42N6O. The largest absolute Gasteiger partial charge is 0.325 e. The molecule has 7 rings (SSSR count). The van der Waals surface area contributed by atoms with E-state index in [0.717, 1.165) is 66.9 Å². The molecule has 4 fully saturated rings. The van der Waals surface area contributed by atoms with Gasteiger partial charge in [-0.05, 0) is 71.9 Å². The van der Waals surface area contributed by atoms with E-state index in [0.29, 0.717) is 23.5 Å². The summed E-state index contributed by atoms with van der Waals surface area (Å²) in [5, 5.41) is 5.65. The second kappa shape index (κ2) is 10.4. The van der Waals surface area contributed by atoms with Crippen LogP contribution in [0.25, 0.3) is 6.08 Å². The van der Waals surface area contributed by atoms with Gasteiger partial charge in [-0.1, -0.05) is 51.1 Å². The lowest BCUT2D eigenvalue weighted by Crippen LogP contribution is -2.64. The minimum Gasteiger partial charge on any atom is -0.325 e. The summed E-state index contributed by atoms with van der Waals surface area (Å²) in [4.78, 5) is 22.3. The van der Waals surface area contributed by atoms with Crippen LogP contribution in [0.3, 0.4) is 0 Å². The molecule has 0 radical (unpaired) electrons. The SMILES string of the molecule is CN=C(Nc1ccc(C(=O)N2CC=Cc3ccccc32)cc1)NN1CCN(C2CC3CC(C2C)C3(C)C)CC1. The van der Waals surface area contributed by atoms with Crippen LogP contribution >= 0.6 is 0 Å². The van der Waals surface area contributed by atoms with E-state index in [1.165, 1.54) is 12.8 Å². The quantitative estimate of drug-likeness (QED) is 0.436. The molecule has 3 saturated carbocycles. The summed E-state index contributed by atoms with van der Waals surface area (Å²) < 4.78 is 0. The van der Waals surface area contributed by atoms with E-state index in [2.05, 4.69) is 52.5 Å². The van der Waals surface area contributed by atoms with Crippen molar-refractivity contribution in [1.29, 1.82) is 0 Å². The van der Waals surface area contributed by atoms with Crippen LogP contribution in [0.4, 0.5) is 11.4 Å². The molecule has 3 aliphatic carbocycles. The van der Waals surface area contributed by atoms with Gasteiger partial charge in [0.15, 0.2) is 0 Å². The molecule has 2 aromatic carbocycles. The molecule has 1 amide bonds. The Morgan fingerprint density at radius 1 is 1.00 bits per heavy atom. The number of piperazine rings is 1. The summed E-state index contributed by atoms with van der Waals surface area (Å²) in [6.07, 6.45) is 6.90. The number of rotatable bonds is 4. The molecule has 1 saturated heterocycles. The number of nitrogens with one attached hydrogen (secondary N) is 2. The fourth-order valence-electron chi connectivity index (χ4n) is 7.49. The summed E-state index contributed by atoms with van der Waals surface area (Å²) >= 11 is 0. The first-order valence-corrected chi connectivity index (χ1v) is 14.5. The van der Waals surface area contributed by atoms with Crippen LogP contribution < -0.4 is 15.6 Å². The number of carbonyl (C=O) groups excluding carboxylic acids is 1. The second-order valence-corrected chi connectivity index (χ2v) is 12.3. The molecular weight excluding hydrogens is 484 g/mol. The maximum atomic E-state index is 13.3. The van der Waals surface area contributed by atoms with Gasteiger partial charge >= 0.3 is 0 Å². The van der Waals surface area contributed by atoms with Gasteiger partial charge in [0.25, 0.3) is 5.91 Å². The number of hydrogen-bond donors (Lipinski definition) is 2. The predicted molar refractivity (Wildman–Crippen MR) is 160 cm³/mol. The number of hydrazine groups is 1. The Labute approximate surface area is 232 Å². The number of guanidine groups is 1. The van der Waals surface area contributed by atoms with Gasteiger partial charge in [0, 0.05) is 57.1 Å². The average Bonchev–Trinajstić information content (AvgIpc) is 2.96. The molecule has 2 aliphatic heterocycles. The molecule has 4 unspecified atom stereocenters. The molecule has 2 bridgehead atoms. The van der Waals surface area contributed by atoms with Crippen molar-refractivity contribution in [2.75, 3.05) is 50.0 Å². The molecule has 5 aliphatic rings.